The third kappa shape index (κ3) is 3.11. The number of amides is 1. The van der Waals surface area contributed by atoms with E-state index in [4.69, 9.17) is 4.74 Å². The Morgan fingerprint density at radius 2 is 1.93 bits per heavy atom. The lowest BCUT2D eigenvalue weighted by Crippen LogP contribution is -2.56. The van der Waals surface area contributed by atoms with E-state index < -0.39 is 29.1 Å². The summed E-state index contributed by atoms with van der Waals surface area (Å²) in [5, 5.41) is 24.1. The van der Waals surface area contributed by atoms with E-state index in [1.54, 1.807) is 42.5 Å². The summed E-state index contributed by atoms with van der Waals surface area (Å²) in [5.74, 6) is -1.28. The van der Waals surface area contributed by atoms with E-state index in [1.165, 1.54) is 6.92 Å². The molecular weight excluding hydrogens is 346 g/mol. The number of aliphatic hydroxyl groups is 2. The van der Waals surface area contributed by atoms with Crippen molar-refractivity contribution in [2.24, 2.45) is 0 Å². The summed E-state index contributed by atoms with van der Waals surface area (Å²) in [7, 11) is 0. The van der Waals surface area contributed by atoms with E-state index in [0.29, 0.717) is 5.56 Å². The summed E-state index contributed by atoms with van der Waals surface area (Å²) < 4.78 is 5.66. The maximum absolute atomic E-state index is 12.8. The molecule has 27 heavy (non-hydrogen) atoms. The molecule has 1 saturated heterocycles. The minimum Gasteiger partial charge on any atom is -0.466 e. The molecule has 2 aliphatic rings. The number of Topliss-reactive ketones (excluding diaryl/α,β-unsaturated/α-hetero) is 1. The van der Waals surface area contributed by atoms with Crippen LogP contribution < -0.4 is 5.32 Å². The highest BCUT2D eigenvalue weighted by atomic mass is 16.5. The number of aliphatic hydroxyl groups excluding tert-OH is 1. The molecule has 2 aliphatic heterocycles. The summed E-state index contributed by atoms with van der Waals surface area (Å²) in [4.78, 5) is 25.5. The molecule has 1 spiro atoms. The molecule has 0 saturated carbocycles. The molecule has 3 rings (SSSR count). The van der Waals surface area contributed by atoms with E-state index in [9.17, 15) is 19.8 Å². The minimum atomic E-state index is -2.16. The highest BCUT2D eigenvalue weighted by molar-refractivity contribution is 6.20. The fraction of sp³-hybridized carbons (Fsp3) is 0.333. The van der Waals surface area contributed by atoms with Gasteiger partial charge in [0.25, 0.3) is 11.5 Å². The summed E-state index contributed by atoms with van der Waals surface area (Å²) in [6.45, 7) is 3.53. The smallest absolute Gasteiger partial charge is 0.278 e. The molecule has 6 nitrogen and oxygen atoms in total. The SMILES string of the molecule is CC/C=C/C=C/C1=C(C)C(=O)C2(O1)C(=O)N[C@](O)(Cc1ccccc1)[C@H]2O. The van der Waals surface area contributed by atoms with Crippen LogP contribution in [-0.4, -0.2) is 39.3 Å². The lowest BCUT2D eigenvalue weighted by Gasteiger charge is -2.30. The molecule has 0 bridgehead atoms. The number of benzene rings is 1. The second kappa shape index (κ2) is 7.13. The van der Waals surface area contributed by atoms with Gasteiger partial charge in [-0.3, -0.25) is 9.59 Å². The quantitative estimate of drug-likeness (QED) is 0.541. The first-order valence-electron chi connectivity index (χ1n) is 8.90. The van der Waals surface area contributed by atoms with Crippen molar-refractivity contribution in [2.45, 2.75) is 44.1 Å². The largest absolute Gasteiger partial charge is 0.466 e. The van der Waals surface area contributed by atoms with Crippen LogP contribution in [0.5, 0.6) is 0 Å². The first kappa shape index (κ1) is 19.1. The number of ether oxygens (including phenoxy) is 1. The molecule has 0 aromatic heterocycles. The van der Waals surface area contributed by atoms with Crippen molar-refractivity contribution in [3.05, 3.63) is 71.5 Å². The van der Waals surface area contributed by atoms with Crippen LogP contribution in [0, 0.1) is 0 Å². The zero-order valence-electron chi connectivity index (χ0n) is 15.3. The Hall–Kier alpha value is -2.70. The van der Waals surface area contributed by atoms with Gasteiger partial charge in [0.15, 0.2) is 11.8 Å². The van der Waals surface area contributed by atoms with Gasteiger partial charge < -0.3 is 20.3 Å². The number of nitrogens with one attached hydrogen (secondary N) is 1. The molecule has 2 heterocycles. The normalized spacial score (nSPS) is 30.7. The van der Waals surface area contributed by atoms with Gasteiger partial charge in [-0.25, -0.2) is 0 Å². The Kier molecular flexibility index (Phi) is 5.04. The van der Waals surface area contributed by atoms with Crippen LogP contribution in [0.4, 0.5) is 0 Å². The number of rotatable bonds is 5. The Morgan fingerprint density at radius 1 is 1.22 bits per heavy atom. The standard InChI is InChI=1S/C21H23NO5/c1-3-4-5-9-12-16-14(2)17(23)21(27-16)18(24)20(26,22-19(21)25)13-15-10-7-6-8-11-15/h4-12,18,24,26H,3,13H2,1-2H3,(H,22,25)/b5-4+,12-9+/t18-,20+,21?/m1/s1. The maximum Gasteiger partial charge on any atom is 0.278 e. The summed E-state index contributed by atoms with van der Waals surface area (Å²) >= 11 is 0. The topological polar surface area (TPSA) is 95.9 Å². The number of hydrogen-bond acceptors (Lipinski definition) is 5. The van der Waals surface area contributed by atoms with Crippen LogP contribution in [0.15, 0.2) is 66.0 Å². The van der Waals surface area contributed by atoms with Crippen molar-refractivity contribution < 1.29 is 24.5 Å². The summed E-state index contributed by atoms with van der Waals surface area (Å²) in [6.07, 6.45) is 6.05. The molecule has 0 aliphatic carbocycles. The van der Waals surface area contributed by atoms with E-state index >= 15 is 0 Å². The van der Waals surface area contributed by atoms with Gasteiger partial charge in [-0.15, -0.1) is 0 Å². The van der Waals surface area contributed by atoms with Crippen molar-refractivity contribution in [1.82, 2.24) is 5.32 Å². The highest BCUT2D eigenvalue weighted by Crippen LogP contribution is 2.42. The Labute approximate surface area is 157 Å². The molecule has 0 radical (unpaired) electrons. The number of carbonyl (C=O) groups excluding carboxylic acids is 2. The van der Waals surface area contributed by atoms with Gasteiger partial charge >= 0.3 is 0 Å². The van der Waals surface area contributed by atoms with Crippen LogP contribution in [0.2, 0.25) is 0 Å². The maximum atomic E-state index is 12.8. The van der Waals surface area contributed by atoms with Crippen molar-refractivity contribution in [3.8, 4) is 0 Å². The van der Waals surface area contributed by atoms with E-state index in [1.807, 2.05) is 19.1 Å². The molecule has 3 atom stereocenters. The Morgan fingerprint density at radius 3 is 2.59 bits per heavy atom. The van der Waals surface area contributed by atoms with Gasteiger partial charge in [0.1, 0.15) is 5.76 Å². The first-order chi connectivity index (χ1) is 12.8. The summed E-state index contributed by atoms with van der Waals surface area (Å²) in [6, 6.07) is 8.91. The molecule has 142 valence electrons. The minimum absolute atomic E-state index is 0.0530. The zero-order chi connectivity index (χ0) is 19.7. The van der Waals surface area contributed by atoms with Gasteiger partial charge in [-0.2, -0.15) is 0 Å². The van der Waals surface area contributed by atoms with Crippen molar-refractivity contribution in [2.75, 3.05) is 0 Å². The molecule has 1 unspecified atom stereocenters. The van der Waals surface area contributed by atoms with Crippen LogP contribution in [-0.2, 0) is 20.7 Å². The van der Waals surface area contributed by atoms with Crippen LogP contribution in [0.3, 0.4) is 0 Å². The molecular formula is C21H23NO5. The lowest BCUT2D eigenvalue weighted by molar-refractivity contribution is -0.161. The zero-order valence-corrected chi connectivity index (χ0v) is 15.3. The van der Waals surface area contributed by atoms with Gasteiger partial charge in [0, 0.05) is 12.0 Å². The molecule has 3 N–H and O–H groups in total. The molecule has 1 aromatic carbocycles. The third-order valence-corrected chi connectivity index (χ3v) is 4.87. The van der Waals surface area contributed by atoms with Crippen LogP contribution in [0.1, 0.15) is 25.8 Å². The fourth-order valence-electron chi connectivity index (χ4n) is 3.40. The second-order valence-corrected chi connectivity index (χ2v) is 6.79. The average molecular weight is 369 g/mol. The summed E-state index contributed by atoms with van der Waals surface area (Å²) in [5.41, 5.74) is -3.23. The predicted octanol–water partition coefficient (Wildman–Crippen LogP) is 1.54. The first-order valence-corrected chi connectivity index (χ1v) is 8.90. The van der Waals surface area contributed by atoms with Crippen molar-refractivity contribution in [1.29, 1.82) is 0 Å². The number of carbonyl (C=O) groups is 2. The number of ketones is 1. The average Bonchev–Trinajstić information content (AvgIpc) is 3.01. The molecule has 1 aromatic rings. The third-order valence-electron chi connectivity index (χ3n) is 4.87. The molecule has 1 fully saturated rings. The lowest BCUT2D eigenvalue weighted by atomic mass is 9.86. The van der Waals surface area contributed by atoms with Gasteiger partial charge in [-0.05, 0) is 25.0 Å². The Balaban J connectivity index is 1.88. The van der Waals surface area contributed by atoms with E-state index in [0.717, 1.165) is 6.42 Å². The van der Waals surface area contributed by atoms with Crippen LogP contribution >= 0.6 is 0 Å². The highest BCUT2D eigenvalue weighted by Gasteiger charge is 2.70. The number of allylic oxidation sites excluding steroid dienone is 4. The van der Waals surface area contributed by atoms with Gasteiger partial charge in [-0.1, -0.05) is 55.5 Å². The Bertz CT molecular complexity index is 841. The fourth-order valence-corrected chi connectivity index (χ4v) is 3.40. The van der Waals surface area contributed by atoms with E-state index in [2.05, 4.69) is 5.32 Å². The van der Waals surface area contributed by atoms with Gasteiger partial charge in [0.05, 0.1) is 0 Å². The van der Waals surface area contributed by atoms with Crippen molar-refractivity contribution >= 4 is 11.7 Å². The van der Waals surface area contributed by atoms with Crippen molar-refractivity contribution in [3.63, 3.8) is 0 Å². The predicted molar refractivity (Wildman–Crippen MR) is 99.3 cm³/mol. The monoisotopic (exact) mass is 369 g/mol. The second-order valence-electron chi connectivity index (χ2n) is 6.79. The number of hydrogen-bond donors (Lipinski definition) is 3. The van der Waals surface area contributed by atoms with Gasteiger partial charge in [0.2, 0.25) is 5.78 Å². The molecule has 6 heteroatoms. The van der Waals surface area contributed by atoms with E-state index in [-0.39, 0.29) is 17.8 Å². The van der Waals surface area contributed by atoms with Crippen LogP contribution in [0.25, 0.3) is 0 Å². The molecule has 1 amide bonds.